The molecule has 7 nitrogen and oxygen atoms in total. The van der Waals surface area contributed by atoms with Gasteiger partial charge in [-0.25, -0.2) is 4.98 Å². The molecule has 2 amide bonds. The molecular weight excluding hydrogens is 320 g/mol. The van der Waals surface area contributed by atoms with Crippen LogP contribution >= 0.6 is 0 Å². The van der Waals surface area contributed by atoms with Crippen LogP contribution in [0.4, 0.5) is 0 Å². The Labute approximate surface area is 144 Å². The second kappa shape index (κ2) is 5.98. The SMILES string of the molecule is CN(C(=O)c1cnc2ccccn2c1=O)[C@H]1C[C@H]2CC(=O)NC[C@H]2C1. The summed E-state index contributed by atoms with van der Waals surface area (Å²) in [5.74, 6) is 0.519. The van der Waals surface area contributed by atoms with E-state index in [-0.39, 0.29) is 29.0 Å². The number of aromatic nitrogens is 2. The van der Waals surface area contributed by atoms with Crippen LogP contribution in [-0.2, 0) is 4.79 Å². The lowest BCUT2D eigenvalue weighted by atomic mass is 9.89. The first-order chi connectivity index (χ1) is 12.0. The fourth-order valence-corrected chi connectivity index (χ4v) is 4.08. The quantitative estimate of drug-likeness (QED) is 0.871. The number of hydrogen-bond donors (Lipinski definition) is 1. The van der Waals surface area contributed by atoms with E-state index in [1.54, 1.807) is 36.3 Å². The molecule has 0 aromatic carbocycles. The van der Waals surface area contributed by atoms with E-state index >= 15 is 0 Å². The van der Waals surface area contributed by atoms with Crippen molar-refractivity contribution in [2.24, 2.45) is 11.8 Å². The third-order valence-corrected chi connectivity index (χ3v) is 5.54. The minimum absolute atomic E-state index is 0.0473. The Morgan fingerprint density at radius 3 is 2.92 bits per heavy atom. The van der Waals surface area contributed by atoms with Gasteiger partial charge in [0.1, 0.15) is 11.2 Å². The van der Waals surface area contributed by atoms with Crippen molar-refractivity contribution in [3.05, 3.63) is 46.5 Å². The van der Waals surface area contributed by atoms with E-state index in [4.69, 9.17) is 0 Å². The Balaban J connectivity index is 1.58. The predicted octanol–water partition coefficient (Wildman–Crippen LogP) is 0.681. The number of pyridine rings is 1. The lowest BCUT2D eigenvalue weighted by Gasteiger charge is -2.24. The molecule has 3 atom stereocenters. The summed E-state index contributed by atoms with van der Waals surface area (Å²) in [4.78, 5) is 42.9. The van der Waals surface area contributed by atoms with Crippen molar-refractivity contribution in [2.75, 3.05) is 13.6 Å². The largest absolute Gasteiger partial charge is 0.356 e. The minimum atomic E-state index is -0.352. The van der Waals surface area contributed by atoms with Crippen molar-refractivity contribution in [2.45, 2.75) is 25.3 Å². The van der Waals surface area contributed by atoms with Crippen molar-refractivity contribution in [3.8, 4) is 0 Å². The fraction of sp³-hybridized carbons (Fsp3) is 0.444. The highest BCUT2D eigenvalue weighted by Gasteiger charge is 2.41. The predicted molar refractivity (Wildman–Crippen MR) is 91.2 cm³/mol. The van der Waals surface area contributed by atoms with Crippen molar-refractivity contribution in [3.63, 3.8) is 0 Å². The topological polar surface area (TPSA) is 83.8 Å². The van der Waals surface area contributed by atoms with Crippen molar-refractivity contribution >= 4 is 17.5 Å². The van der Waals surface area contributed by atoms with Crippen LogP contribution in [0.25, 0.3) is 5.65 Å². The maximum atomic E-state index is 12.9. The maximum Gasteiger partial charge on any atom is 0.270 e. The molecule has 2 aromatic rings. The van der Waals surface area contributed by atoms with Crippen LogP contribution < -0.4 is 10.9 Å². The first-order valence-electron chi connectivity index (χ1n) is 8.55. The Hall–Kier alpha value is -2.70. The lowest BCUT2D eigenvalue weighted by molar-refractivity contribution is -0.124. The number of carbonyl (C=O) groups excluding carboxylic acids is 2. The molecular formula is C18H20N4O3. The molecule has 1 aliphatic carbocycles. The zero-order chi connectivity index (χ0) is 17.6. The number of amides is 2. The second-order valence-corrected chi connectivity index (χ2v) is 6.98. The number of piperidine rings is 1. The van der Waals surface area contributed by atoms with E-state index in [1.807, 2.05) is 0 Å². The first-order valence-corrected chi connectivity index (χ1v) is 8.55. The van der Waals surface area contributed by atoms with Gasteiger partial charge in [-0.1, -0.05) is 6.07 Å². The Morgan fingerprint density at radius 1 is 1.28 bits per heavy atom. The summed E-state index contributed by atoms with van der Waals surface area (Å²) in [6.07, 6.45) is 5.17. The van der Waals surface area contributed by atoms with Crippen LogP contribution in [0.5, 0.6) is 0 Å². The highest BCUT2D eigenvalue weighted by molar-refractivity contribution is 5.93. The highest BCUT2D eigenvalue weighted by atomic mass is 16.2. The molecule has 1 N–H and O–H groups in total. The van der Waals surface area contributed by atoms with Gasteiger partial charge in [0.15, 0.2) is 0 Å². The summed E-state index contributed by atoms with van der Waals surface area (Å²) in [6, 6.07) is 5.31. The van der Waals surface area contributed by atoms with Crippen molar-refractivity contribution in [1.29, 1.82) is 0 Å². The maximum absolute atomic E-state index is 12.9. The van der Waals surface area contributed by atoms with Crippen molar-refractivity contribution in [1.82, 2.24) is 19.6 Å². The number of nitrogens with one attached hydrogen (secondary N) is 1. The summed E-state index contributed by atoms with van der Waals surface area (Å²) in [5.41, 5.74) is 0.244. The molecule has 1 aliphatic heterocycles. The molecule has 25 heavy (non-hydrogen) atoms. The molecule has 7 heteroatoms. The van der Waals surface area contributed by atoms with Gasteiger partial charge in [0.2, 0.25) is 5.91 Å². The van der Waals surface area contributed by atoms with Gasteiger partial charge in [0, 0.05) is 38.4 Å². The third kappa shape index (κ3) is 2.69. The fourth-order valence-electron chi connectivity index (χ4n) is 4.08. The van der Waals surface area contributed by atoms with Crippen LogP contribution in [-0.4, -0.2) is 45.7 Å². The van der Waals surface area contributed by atoms with Gasteiger partial charge in [0.25, 0.3) is 11.5 Å². The summed E-state index contributed by atoms with van der Waals surface area (Å²) in [5, 5.41) is 2.90. The number of rotatable bonds is 2. The van der Waals surface area contributed by atoms with Crippen molar-refractivity contribution < 1.29 is 9.59 Å². The Morgan fingerprint density at radius 2 is 2.08 bits per heavy atom. The van der Waals surface area contributed by atoms with Gasteiger partial charge in [-0.2, -0.15) is 0 Å². The molecule has 4 rings (SSSR count). The second-order valence-electron chi connectivity index (χ2n) is 6.98. The third-order valence-electron chi connectivity index (χ3n) is 5.54. The van der Waals surface area contributed by atoms with E-state index in [9.17, 15) is 14.4 Å². The molecule has 0 radical (unpaired) electrons. The van der Waals surface area contributed by atoms with Gasteiger partial charge >= 0.3 is 0 Å². The standard InChI is InChI=1S/C18H20N4O3/c1-21(13-6-11-8-16(23)20-9-12(11)7-13)17(24)14-10-19-15-4-2-3-5-22(15)18(14)25/h2-5,10-13H,6-9H2,1H3,(H,20,23)/t11-,12+,13-/m0/s1. The van der Waals surface area contributed by atoms with Crippen LogP contribution in [0, 0.1) is 11.8 Å². The van der Waals surface area contributed by atoms with E-state index in [1.165, 1.54) is 10.6 Å². The average Bonchev–Trinajstić information content (AvgIpc) is 3.04. The molecule has 1 saturated heterocycles. The zero-order valence-electron chi connectivity index (χ0n) is 14.0. The van der Waals surface area contributed by atoms with Crippen LogP contribution in [0.3, 0.4) is 0 Å². The zero-order valence-corrected chi connectivity index (χ0v) is 14.0. The van der Waals surface area contributed by atoms with E-state index < -0.39 is 0 Å². The van der Waals surface area contributed by atoms with E-state index in [0.717, 1.165) is 12.8 Å². The number of carbonyl (C=O) groups is 2. The number of hydrogen-bond acceptors (Lipinski definition) is 4. The van der Waals surface area contributed by atoms with Crippen LogP contribution in [0.1, 0.15) is 29.6 Å². The monoisotopic (exact) mass is 340 g/mol. The highest BCUT2D eigenvalue weighted by Crippen LogP contribution is 2.38. The molecule has 130 valence electrons. The average molecular weight is 340 g/mol. The molecule has 2 aromatic heterocycles. The number of nitrogens with zero attached hydrogens (tertiary/aromatic N) is 3. The smallest absolute Gasteiger partial charge is 0.270 e. The van der Waals surface area contributed by atoms with Crippen LogP contribution in [0.15, 0.2) is 35.4 Å². The molecule has 3 heterocycles. The molecule has 0 unspecified atom stereocenters. The van der Waals surface area contributed by atoms with Gasteiger partial charge in [-0.15, -0.1) is 0 Å². The van der Waals surface area contributed by atoms with E-state index in [2.05, 4.69) is 10.3 Å². The van der Waals surface area contributed by atoms with Gasteiger partial charge < -0.3 is 10.2 Å². The van der Waals surface area contributed by atoms with Gasteiger partial charge in [-0.3, -0.25) is 18.8 Å². The lowest BCUT2D eigenvalue weighted by Crippen LogP contribution is -2.39. The van der Waals surface area contributed by atoms with Crippen LogP contribution in [0.2, 0.25) is 0 Å². The Kier molecular flexibility index (Phi) is 3.78. The molecule has 2 fully saturated rings. The normalized spacial score (nSPS) is 25.5. The molecule has 0 bridgehead atoms. The Bertz CT molecular complexity index is 907. The molecule has 0 spiro atoms. The minimum Gasteiger partial charge on any atom is -0.356 e. The molecule has 2 aliphatic rings. The van der Waals surface area contributed by atoms with Gasteiger partial charge in [-0.05, 0) is 36.8 Å². The van der Waals surface area contributed by atoms with E-state index in [0.29, 0.717) is 30.4 Å². The summed E-state index contributed by atoms with van der Waals surface area (Å²) in [7, 11) is 1.73. The summed E-state index contributed by atoms with van der Waals surface area (Å²) >= 11 is 0. The first kappa shape index (κ1) is 15.8. The molecule has 1 saturated carbocycles. The number of fused-ring (bicyclic) bond motifs is 2. The summed E-state index contributed by atoms with van der Waals surface area (Å²) < 4.78 is 1.39. The van der Waals surface area contributed by atoms with Gasteiger partial charge in [0.05, 0.1) is 0 Å². The summed E-state index contributed by atoms with van der Waals surface area (Å²) in [6.45, 7) is 0.683.